The average molecular weight is 1020 g/mol. The van der Waals surface area contributed by atoms with Crippen LogP contribution in [0.1, 0.15) is 68.2 Å². The highest BCUT2D eigenvalue weighted by molar-refractivity contribution is 7.13. The zero-order valence-corrected chi connectivity index (χ0v) is 44.2. The molecule has 2 aromatic heterocycles. The molecule has 5 aromatic rings. The monoisotopic (exact) mass is 1020 g/mol. The van der Waals surface area contributed by atoms with Crippen molar-refractivity contribution >= 4 is 63.6 Å². The van der Waals surface area contributed by atoms with Crippen LogP contribution in [0, 0.1) is 12.3 Å². The maximum Gasteiger partial charge on any atom is 0.260 e. The highest BCUT2D eigenvalue weighted by Gasteiger charge is 2.44. The number of methoxy groups -OCH3 is 1. The topological polar surface area (TPSA) is 190 Å². The summed E-state index contributed by atoms with van der Waals surface area (Å²) in [5.41, 5.74) is 8.20. The number of rotatable bonds is 20. The van der Waals surface area contributed by atoms with Gasteiger partial charge in [0.2, 0.25) is 17.8 Å². The average Bonchev–Trinajstić information content (AvgIpc) is 4.00. The largest absolute Gasteiger partial charge is 0.494 e. The van der Waals surface area contributed by atoms with Crippen molar-refractivity contribution in [3.05, 3.63) is 95.3 Å². The number of thiazole rings is 1. The first-order valence-electron chi connectivity index (χ1n) is 25.2. The number of anilines is 6. The van der Waals surface area contributed by atoms with Crippen LogP contribution < -0.4 is 35.4 Å². The van der Waals surface area contributed by atoms with E-state index in [0.29, 0.717) is 68.2 Å². The number of aryl methyl sites for hydroxylation is 1. The number of likely N-dealkylation sites (tertiary alicyclic amines) is 1. The molecule has 0 spiro atoms. The predicted octanol–water partition coefficient (Wildman–Crippen LogP) is 6.41. The highest BCUT2D eigenvalue weighted by atomic mass is 32.1. The van der Waals surface area contributed by atoms with Gasteiger partial charge in [-0.3, -0.25) is 19.3 Å². The third-order valence-corrected chi connectivity index (χ3v) is 14.9. The summed E-state index contributed by atoms with van der Waals surface area (Å²) in [6.07, 6.45) is 1.77. The summed E-state index contributed by atoms with van der Waals surface area (Å²) < 4.78 is 17.7. The molecular weight excluding hydrogens is 947 g/mol. The Morgan fingerprint density at radius 2 is 1.66 bits per heavy atom. The summed E-state index contributed by atoms with van der Waals surface area (Å²) in [6, 6.07) is 20.1. The van der Waals surface area contributed by atoms with Gasteiger partial charge in [0.25, 0.3) is 5.91 Å². The van der Waals surface area contributed by atoms with E-state index in [0.717, 1.165) is 71.5 Å². The Kier molecular flexibility index (Phi) is 17.3. The normalized spacial score (nSPS) is 18.0. The molecule has 2 fully saturated rings. The molecule has 19 heteroatoms. The van der Waals surface area contributed by atoms with Crippen LogP contribution in [0.5, 0.6) is 5.75 Å². The number of benzene rings is 3. The number of hydrogen-bond donors (Lipinski definition) is 4. The van der Waals surface area contributed by atoms with Crippen LogP contribution in [0.4, 0.5) is 34.5 Å². The van der Waals surface area contributed by atoms with Crippen molar-refractivity contribution in [2.45, 2.75) is 71.7 Å². The first kappa shape index (κ1) is 53.1. The van der Waals surface area contributed by atoms with Crippen LogP contribution in [0.15, 0.2) is 78.4 Å². The standard InChI is InChI=1S/C54H71N11O7S/c1-35(37-14-16-38(17-15-37)47-36(2)57-34-73-47)58-50(67)44-31-40(66)33-65(44)52(69)48(54(3,4)5)55-20-11-26-71-28-29-72-27-25-63-21-23-64(24-22-63)39-18-19-42(46(30-39)70-8)59-53-56-32-45-49(60-53)61(6)43-13-10-9-12-41(43)51(68)62(45)7/h9-10,12-19,30,32,34-35,40,44,48,55,66H,11,20-29,31,33H2,1-8H3,(H,58,67)(H,56,59,60)/t35-,40+,44-,48+/m0/s1. The molecule has 390 valence electrons. The van der Waals surface area contributed by atoms with Crippen LogP contribution >= 0.6 is 11.3 Å². The Hall–Kier alpha value is -6.22. The summed E-state index contributed by atoms with van der Waals surface area (Å²) in [6.45, 7) is 17.0. The summed E-state index contributed by atoms with van der Waals surface area (Å²) in [5.74, 6) is 1.09. The van der Waals surface area contributed by atoms with Crippen molar-refractivity contribution in [2.75, 3.05) is 113 Å². The number of piperazine rings is 1. The molecule has 2 saturated heterocycles. The molecule has 4 N–H and O–H groups in total. The number of nitrogens with one attached hydrogen (secondary N) is 3. The molecule has 0 radical (unpaired) electrons. The maximum atomic E-state index is 14.1. The Bertz CT molecular complexity index is 2690. The summed E-state index contributed by atoms with van der Waals surface area (Å²) in [5, 5.41) is 20.5. The Morgan fingerprint density at radius 1 is 0.918 bits per heavy atom. The lowest BCUT2D eigenvalue weighted by atomic mass is 9.85. The number of β-amino-alcohol motifs (C(OH)–C–C–N with tert-alkyl or cyclic N) is 1. The van der Waals surface area contributed by atoms with E-state index < -0.39 is 23.6 Å². The van der Waals surface area contributed by atoms with E-state index in [2.05, 4.69) is 41.8 Å². The fourth-order valence-electron chi connectivity index (χ4n) is 9.66. The fraction of sp³-hybridized carbons (Fsp3) is 0.481. The minimum atomic E-state index is -0.778. The molecule has 0 bridgehead atoms. The summed E-state index contributed by atoms with van der Waals surface area (Å²) >= 11 is 1.60. The van der Waals surface area contributed by atoms with Gasteiger partial charge >= 0.3 is 0 Å². The van der Waals surface area contributed by atoms with Gasteiger partial charge in [0, 0.05) is 78.1 Å². The van der Waals surface area contributed by atoms with Gasteiger partial charge < -0.3 is 54.9 Å². The van der Waals surface area contributed by atoms with Gasteiger partial charge in [-0.15, -0.1) is 11.3 Å². The van der Waals surface area contributed by atoms with Gasteiger partial charge in [0.05, 0.1) is 84.3 Å². The zero-order chi connectivity index (χ0) is 51.8. The lowest BCUT2D eigenvalue weighted by molar-refractivity contribution is -0.142. The van der Waals surface area contributed by atoms with Crippen LogP contribution in [0.3, 0.4) is 0 Å². The number of para-hydroxylation sites is 1. The Morgan fingerprint density at radius 3 is 2.37 bits per heavy atom. The number of aliphatic hydroxyl groups is 1. The third kappa shape index (κ3) is 12.6. The molecule has 4 atom stereocenters. The number of ether oxygens (including phenoxy) is 3. The second kappa shape index (κ2) is 23.8. The SMILES string of the molecule is COc1cc(N2CCN(CCOCCOCCCN[C@H](C(=O)N3C[C@H](O)C[C@H]3C(=O)N[C@@H](C)c3ccc(-c4scnc4C)cc3)C(C)(C)C)CC2)ccc1Nc1ncc2c(n1)N(C)c1ccccc1C(=O)N2C. The first-order valence-corrected chi connectivity index (χ1v) is 26.1. The van der Waals surface area contributed by atoms with E-state index in [1.165, 1.54) is 0 Å². The highest BCUT2D eigenvalue weighted by Crippen LogP contribution is 2.39. The van der Waals surface area contributed by atoms with Gasteiger partial charge in [-0.25, -0.2) is 9.97 Å². The molecule has 3 amide bonds. The molecule has 3 aromatic carbocycles. The quantitative estimate of drug-likeness (QED) is 0.0626. The first-order chi connectivity index (χ1) is 35.1. The second-order valence-electron chi connectivity index (χ2n) is 20.0. The number of aromatic nitrogens is 3. The number of carbonyl (C=O) groups is 3. The maximum absolute atomic E-state index is 14.1. The number of aliphatic hydroxyl groups excluding tert-OH is 1. The molecule has 5 heterocycles. The van der Waals surface area contributed by atoms with Gasteiger partial charge in [-0.2, -0.15) is 4.98 Å². The Labute approximate surface area is 433 Å². The van der Waals surface area contributed by atoms with E-state index in [-0.39, 0.29) is 36.7 Å². The van der Waals surface area contributed by atoms with Crippen LogP contribution in [0.25, 0.3) is 10.4 Å². The summed E-state index contributed by atoms with van der Waals surface area (Å²) in [4.78, 5) is 65.7. The van der Waals surface area contributed by atoms with Crippen molar-refractivity contribution in [2.24, 2.45) is 5.41 Å². The van der Waals surface area contributed by atoms with Crippen molar-refractivity contribution < 1.29 is 33.7 Å². The molecule has 0 saturated carbocycles. The third-order valence-electron chi connectivity index (χ3n) is 13.9. The van der Waals surface area contributed by atoms with Gasteiger partial charge in [0.1, 0.15) is 17.5 Å². The second-order valence-corrected chi connectivity index (χ2v) is 20.9. The van der Waals surface area contributed by atoms with Crippen molar-refractivity contribution in [1.29, 1.82) is 0 Å². The number of amides is 3. The minimum absolute atomic E-state index is 0.111. The minimum Gasteiger partial charge on any atom is -0.494 e. The lowest BCUT2D eigenvalue weighted by Gasteiger charge is -2.36. The summed E-state index contributed by atoms with van der Waals surface area (Å²) in [7, 11) is 5.28. The van der Waals surface area contributed by atoms with Crippen molar-refractivity contribution in [3.63, 3.8) is 0 Å². The number of fused-ring (bicyclic) bond motifs is 2. The smallest absolute Gasteiger partial charge is 0.260 e. The molecule has 18 nitrogen and oxygen atoms in total. The van der Waals surface area contributed by atoms with Gasteiger partial charge in [-0.1, -0.05) is 57.2 Å². The Balaban J connectivity index is 0.717. The fourth-order valence-corrected chi connectivity index (χ4v) is 10.5. The molecule has 3 aliphatic rings. The van der Waals surface area contributed by atoms with Crippen molar-refractivity contribution in [3.8, 4) is 16.2 Å². The zero-order valence-electron chi connectivity index (χ0n) is 43.4. The molecule has 0 unspecified atom stereocenters. The van der Waals surface area contributed by atoms with Crippen LogP contribution in [-0.4, -0.2) is 159 Å². The lowest BCUT2D eigenvalue weighted by Crippen LogP contribution is -2.57. The molecular formula is C54H71N11O7S. The molecule has 3 aliphatic heterocycles. The van der Waals surface area contributed by atoms with E-state index >= 15 is 0 Å². The number of nitrogens with zero attached hydrogens (tertiary/aromatic N) is 8. The van der Waals surface area contributed by atoms with Crippen LogP contribution in [-0.2, 0) is 19.1 Å². The molecule has 8 rings (SSSR count). The predicted molar refractivity (Wildman–Crippen MR) is 287 cm³/mol. The van der Waals surface area contributed by atoms with Gasteiger partial charge in [0.15, 0.2) is 5.82 Å². The van der Waals surface area contributed by atoms with Crippen molar-refractivity contribution in [1.82, 2.24) is 35.4 Å². The van der Waals surface area contributed by atoms with E-state index in [9.17, 15) is 19.5 Å². The molecule has 73 heavy (non-hydrogen) atoms. The van der Waals surface area contributed by atoms with Crippen LogP contribution in [0.2, 0.25) is 0 Å². The van der Waals surface area contributed by atoms with Gasteiger partial charge in [-0.05, 0) is 67.6 Å². The van der Waals surface area contributed by atoms with E-state index in [4.69, 9.17) is 19.2 Å². The molecule has 0 aliphatic carbocycles. The van der Waals surface area contributed by atoms with E-state index in [1.54, 1.807) is 41.5 Å². The van der Waals surface area contributed by atoms with E-state index in [1.807, 2.05) is 113 Å². The number of carbonyl (C=O) groups excluding carboxylic acids is 3. The number of hydrogen-bond acceptors (Lipinski definition) is 16.